The molecule has 36 heavy (non-hydrogen) atoms. The van der Waals surface area contributed by atoms with Gasteiger partial charge < -0.3 is 15.0 Å². The number of aryl methyl sites for hydroxylation is 2. The molecule has 0 radical (unpaired) electrons. The molecule has 0 amide bonds. The summed E-state index contributed by atoms with van der Waals surface area (Å²) in [6, 6.07) is 0. The van der Waals surface area contributed by atoms with Gasteiger partial charge in [-0.25, -0.2) is 18.4 Å². The van der Waals surface area contributed by atoms with Crippen molar-refractivity contribution < 1.29 is 17.9 Å². The lowest BCUT2D eigenvalue weighted by Crippen LogP contribution is -2.18. The molecule has 2 rings (SSSR count). The van der Waals surface area contributed by atoms with Crippen LogP contribution in [0.4, 0.5) is 0 Å². The molecule has 0 atom stereocenters. The second kappa shape index (κ2) is 16.1. The molecule has 2 N–H and O–H groups in total. The van der Waals surface area contributed by atoms with Crippen molar-refractivity contribution in [3.8, 4) is 0 Å². The summed E-state index contributed by atoms with van der Waals surface area (Å²) < 4.78 is 32.0. The Kier molecular flexibility index (Phi) is 13.7. The number of ether oxygens (including phenoxy) is 1. The van der Waals surface area contributed by atoms with E-state index in [0.717, 1.165) is 32.1 Å². The SMILES string of the molecule is COC(=O)CCCCCCCCCCCCCCCn1c(C)nc2nc(Cl)nc(S(=O)(=O)CCN)c21. The second-order valence-electron chi connectivity index (χ2n) is 9.31. The van der Waals surface area contributed by atoms with Crippen LogP contribution in [0.15, 0.2) is 5.03 Å². The monoisotopic (exact) mass is 543 g/mol. The normalized spacial score (nSPS) is 11.9. The number of nitrogens with two attached hydrogens (primary N) is 1. The summed E-state index contributed by atoms with van der Waals surface area (Å²) in [5.41, 5.74) is 6.23. The molecule has 204 valence electrons. The highest BCUT2D eigenvalue weighted by Gasteiger charge is 2.25. The van der Waals surface area contributed by atoms with Crippen molar-refractivity contribution in [2.75, 3.05) is 19.4 Å². The summed E-state index contributed by atoms with van der Waals surface area (Å²) in [7, 11) is -2.23. The maximum Gasteiger partial charge on any atom is 0.305 e. The molecule has 0 aromatic carbocycles. The molecule has 2 heterocycles. The summed E-state index contributed by atoms with van der Waals surface area (Å²) in [6.45, 7) is 2.52. The van der Waals surface area contributed by atoms with Crippen LogP contribution in [0.25, 0.3) is 11.2 Å². The average molecular weight is 544 g/mol. The van der Waals surface area contributed by atoms with Crippen LogP contribution >= 0.6 is 11.6 Å². The zero-order valence-electron chi connectivity index (χ0n) is 21.8. The van der Waals surface area contributed by atoms with Crippen LogP contribution < -0.4 is 5.73 Å². The van der Waals surface area contributed by atoms with E-state index in [4.69, 9.17) is 17.3 Å². The van der Waals surface area contributed by atoms with Crippen molar-refractivity contribution in [1.82, 2.24) is 19.5 Å². The predicted octanol–water partition coefficient (Wildman–Crippen LogP) is 5.15. The van der Waals surface area contributed by atoms with Gasteiger partial charge in [-0.3, -0.25) is 4.79 Å². The fourth-order valence-corrected chi connectivity index (χ4v) is 5.86. The number of sulfone groups is 1. The van der Waals surface area contributed by atoms with Gasteiger partial charge in [0.25, 0.3) is 0 Å². The van der Waals surface area contributed by atoms with E-state index in [1.54, 1.807) is 0 Å². The molecule has 2 aromatic heterocycles. The van der Waals surface area contributed by atoms with Gasteiger partial charge in [0.05, 0.1) is 12.9 Å². The van der Waals surface area contributed by atoms with Gasteiger partial charge in [-0.05, 0) is 31.4 Å². The van der Waals surface area contributed by atoms with Gasteiger partial charge in [-0.1, -0.05) is 70.6 Å². The first-order valence-corrected chi connectivity index (χ1v) is 15.2. The number of hydrogen-bond acceptors (Lipinski definition) is 8. The summed E-state index contributed by atoms with van der Waals surface area (Å²) in [6.07, 6.45) is 15.8. The summed E-state index contributed by atoms with van der Waals surface area (Å²) in [4.78, 5) is 23.6. The Morgan fingerprint density at radius 3 is 1.94 bits per heavy atom. The van der Waals surface area contributed by atoms with Crippen LogP contribution in [0.1, 0.15) is 95.7 Å². The lowest BCUT2D eigenvalue weighted by atomic mass is 10.0. The molecular weight excluding hydrogens is 502 g/mol. The molecule has 11 heteroatoms. The number of carbonyl (C=O) groups is 1. The number of aromatic nitrogens is 4. The molecule has 0 bridgehead atoms. The van der Waals surface area contributed by atoms with E-state index in [-0.39, 0.29) is 28.6 Å². The predicted molar refractivity (Wildman–Crippen MR) is 143 cm³/mol. The number of imidazole rings is 1. The maximum atomic E-state index is 12.7. The highest BCUT2D eigenvalue weighted by Crippen LogP contribution is 2.25. The molecule has 0 saturated carbocycles. The lowest BCUT2D eigenvalue weighted by molar-refractivity contribution is -0.140. The first-order valence-electron chi connectivity index (χ1n) is 13.2. The van der Waals surface area contributed by atoms with Gasteiger partial charge in [0.1, 0.15) is 11.3 Å². The van der Waals surface area contributed by atoms with E-state index in [1.165, 1.54) is 58.5 Å². The molecule has 0 fully saturated rings. The Morgan fingerprint density at radius 1 is 0.889 bits per heavy atom. The number of methoxy groups -OCH3 is 1. The van der Waals surface area contributed by atoms with Crippen LogP contribution in [-0.2, 0) is 25.9 Å². The Hall–Kier alpha value is -1.78. The quantitative estimate of drug-likeness (QED) is 0.111. The van der Waals surface area contributed by atoms with Crippen LogP contribution in [0.3, 0.4) is 0 Å². The van der Waals surface area contributed by atoms with E-state index in [9.17, 15) is 13.2 Å². The summed E-state index contributed by atoms with van der Waals surface area (Å²) in [5, 5.41) is -0.205. The van der Waals surface area contributed by atoms with Crippen LogP contribution in [-0.4, -0.2) is 53.3 Å². The molecule has 0 saturated heterocycles. The van der Waals surface area contributed by atoms with Gasteiger partial charge >= 0.3 is 5.97 Å². The van der Waals surface area contributed by atoms with Crippen LogP contribution in [0.2, 0.25) is 5.28 Å². The van der Waals surface area contributed by atoms with Crippen molar-refractivity contribution in [1.29, 1.82) is 0 Å². The third kappa shape index (κ3) is 9.94. The minimum Gasteiger partial charge on any atom is -0.469 e. The number of rotatable bonds is 19. The first kappa shape index (κ1) is 30.4. The number of nitrogens with zero attached hydrogens (tertiary/aromatic N) is 4. The van der Waals surface area contributed by atoms with Crippen LogP contribution in [0, 0.1) is 6.92 Å². The van der Waals surface area contributed by atoms with E-state index in [2.05, 4.69) is 19.7 Å². The topological polar surface area (TPSA) is 130 Å². The van der Waals surface area contributed by atoms with E-state index >= 15 is 0 Å². The summed E-state index contributed by atoms with van der Waals surface area (Å²) in [5.74, 6) is 0.397. The standard InChI is InChI=1S/C25H42ClN5O4S/c1-20-28-23-22(24(30-25(26)29-23)36(33,34)19-17-27)31(20)18-15-13-11-9-7-5-3-4-6-8-10-12-14-16-21(32)35-2/h3-19,27H2,1-2H3. The van der Waals surface area contributed by atoms with Gasteiger partial charge in [0, 0.05) is 19.5 Å². The fraction of sp³-hybridized carbons (Fsp3) is 0.760. The number of halogens is 1. The zero-order valence-corrected chi connectivity index (χ0v) is 23.4. The average Bonchev–Trinajstić information content (AvgIpc) is 3.14. The van der Waals surface area contributed by atoms with Crippen molar-refractivity contribution in [3.63, 3.8) is 0 Å². The van der Waals surface area contributed by atoms with Crippen LogP contribution in [0.5, 0.6) is 0 Å². The number of carbonyl (C=O) groups excluding carboxylic acids is 1. The zero-order chi connectivity index (χ0) is 26.4. The molecule has 0 aliphatic heterocycles. The van der Waals surface area contributed by atoms with Crippen molar-refractivity contribution in [3.05, 3.63) is 11.1 Å². The van der Waals surface area contributed by atoms with Gasteiger partial charge in [-0.2, -0.15) is 4.98 Å². The van der Waals surface area contributed by atoms with E-state index in [0.29, 0.717) is 30.0 Å². The van der Waals surface area contributed by atoms with E-state index < -0.39 is 9.84 Å². The number of fused-ring (bicyclic) bond motifs is 1. The maximum absolute atomic E-state index is 12.7. The Labute approximate surface area is 220 Å². The molecule has 0 unspecified atom stereocenters. The number of unbranched alkanes of at least 4 members (excludes halogenated alkanes) is 12. The Morgan fingerprint density at radius 2 is 1.42 bits per heavy atom. The molecule has 9 nitrogen and oxygen atoms in total. The summed E-state index contributed by atoms with van der Waals surface area (Å²) >= 11 is 5.97. The van der Waals surface area contributed by atoms with Gasteiger partial charge in [0.15, 0.2) is 20.5 Å². The Balaban J connectivity index is 1.64. The number of hydrogen-bond donors (Lipinski definition) is 1. The largest absolute Gasteiger partial charge is 0.469 e. The minimum atomic E-state index is -3.67. The van der Waals surface area contributed by atoms with Crippen molar-refractivity contribution in [2.45, 2.75) is 108 Å². The molecule has 0 spiro atoms. The third-order valence-electron chi connectivity index (χ3n) is 6.41. The first-order chi connectivity index (χ1) is 17.3. The van der Waals surface area contributed by atoms with Crippen molar-refractivity contribution >= 4 is 38.6 Å². The van der Waals surface area contributed by atoms with Gasteiger partial charge in [0.2, 0.25) is 5.28 Å². The molecule has 0 aliphatic carbocycles. The number of esters is 1. The molecule has 2 aromatic rings. The molecular formula is C25H42ClN5O4S. The Bertz CT molecular complexity index is 1060. The highest BCUT2D eigenvalue weighted by molar-refractivity contribution is 7.91. The highest BCUT2D eigenvalue weighted by atomic mass is 35.5. The lowest BCUT2D eigenvalue weighted by Gasteiger charge is -2.10. The smallest absolute Gasteiger partial charge is 0.305 e. The van der Waals surface area contributed by atoms with Gasteiger partial charge in [-0.15, -0.1) is 0 Å². The molecule has 0 aliphatic rings. The second-order valence-corrected chi connectivity index (χ2v) is 11.7. The minimum absolute atomic E-state index is 0.0110. The van der Waals surface area contributed by atoms with Crippen molar-refractivity contribution in [2.24, 2.45) is 5.73 Å². The van der Waals surface area contributed by atoms with E-state index in [1.807, 2.05) is 11.5 Å². The third-order valence-corrected chi connectivity index (χ3v) is 8.22. The fourth-order valence-electron chi connectivity index (χ4n) is 4.42.